The van der Waals surface area contributed by atoms with Gasteiger partial charge in [-0.2, -0.15) is 0 Å². The summed E-state index contributed by atoms with van der Waals surface area (Å²) in [4.78, 5) is 23.8. The zero-order chi connectivity index (χ0) is 26.9. The van der Waals surface area contributed by atoms with Crippen molar-refractivity contribution < 1.29 is 38.0 Å². The molecule has 3 fully saturated rings. The Morgan fingerprint density at radius 3 is 2.59 bits per heavy atom. The van der Waals surface area contributed by atoms with Gasteiger partial charge >= 0.3 is 6.09 Å². The number of carbonyl (C=O) groups is 2. The molecule has 0 bridgehead atoms. The second kappa shape index (κ2) is 13.5. The minimum absolute atomic E-state index is 0.00648. The Balaban J connectivity index is 1.32. The molecule has 208 valence electrons. The van der Waals surface area contributed by atoms with Gasteiger partial charge in [0.2, 0.25) is 5.91 Å². The quantitative estimate of drug-likeness (QED) is 0.184. The standard InChI is InChI=1S/C27H42N2O8/c1-19(6-9-22-14-27(18-35-27)17-26(3,4)37-22)7-11-24-33-15-21(16-34-24)29-23(30)10-8-20(2)36-25(31)28-12-13-32-5/h6-10,20-22,24H,11-18H2,1-5H3,(H,28,31)(H,29,30)/b9-6+,10-8-,19-7+/t20-,21-,22+,24+,27+/m0/s1. The maximum atomic E-state index is 12.2. The van der Waals surface area contributed by atoms with E-state index >= 15 is 0 Å². The normalized spacial score (nSPS) is 30.4. The zero-order valence-corrected chi connectivity index (χ0v) is 22.6. The van der Waals surface area contributed by atoms with E-state index in [1.807, 2.05) is 6.92 Å². The van der Waals surface area contributed by atoms with Crippen LogP contribution in [-0.2, 0) is 33.2 Å². The Kier molecular flexibility index (Phi) is 10.7. The first-order valence-corrected chi connectivity index (χ1v) is 12.9. The molecule has 3 aliphatic rings. The number of methoxy groups -OCH3 is 1. The molecule has 0 aromatic rings. The number of rotatable bonds is 11. The van der Waals surface area contributed by atoms with E-state index < -0.39 is 12.2 Å². The predicted octanol–water partition coefficient (Wildman–Crippen LogP) is 2.78. The molecule has 10 heteroatoms. The van der Waals surface area contributed by atoms with E-state index in [0.717, 1.165) is 25.0 Å². The van der Waals surface area contributed by atoms with Crippen molar-refractivity contribution >= 4 is 12.0 Å². The lowest BCUT2D eigenvalue weighted by atomic mass is 9.85. The Labute approximate surface area is 219 Å². The number of allylic oxidation sites excluding steroid dienone is 2. The first kappa shape index (κ1) is 29.3. The fourth-order valence-electron chi connectivity index (χ4n) is 4.49. The van der Waals surface area contributed by atoms with Gasteiger partial charge in [0, 0.05) is 39.0 Å². The van der Waals surface area contributed by atoms with Crippen molar-refractivity contribution in [1.82, 2.24) is 10.6 Å². The van der Waals surface area contributed by atoms with Crippen molar-refractivity contribution in [3.05, 3.63) is 36.0 Å². The molecule has 2 amide bonds. The van der Waals surface area contributed by atoms with Crippen LogP contribution in [0.5, 0.6) is 0 Å². The third kappa shape index (κ3) is 10.6. The molecule has 2 N–H and O–H groups in total. The van der Waals surface area contributed by atoms with Crippen molar-refractivity contribution in [3.8, 4) is 0 Å². The van der Waals surface area contributed by atoms with E-state index in [9.17, 15) is 9.59 Å². The Morgan fingerprint density at radius 2 is 1.92 bits per heavy atom. The van der Waals surface area contributed by atoms with Crippen LogP contribution in [-0.4, -0.2) is 87.8 Å². The average molecular weight is 523 g/mol. The van der Waals surface area contributed by atoms with E-state index in [4.69, 9.17) is 28.4 Å². The lowest BCUT2D eigenvalue weighted by Crippen LogP contribution is -2.46. The number of nitrogens with one attached hydrogen (secondary N) is 2. The summed E-state index contributed by atoms with van der Waals surface area (Å²) < 4.78 is 33.4. The van der Waals surface area contributed by atoms with E-state index in [1.54, 1.807) is 14.0 Å². The van der Waals surface area contributed by atoms with Crippen molar-refractivity contribution in [1.29, 1.82) is 0 Å². The number of amides is 2. The molecule has 3 atom stereocenters. The fourth-order valence-corrected chi connectivity index (χ4v) is 4.49. The topological polar surface area (TPSA) is 117 Å². The molecule has 0 unspecified atom stereocenters. The highest BCUT2D eigenvalue weighted by Gasteiger charge is 2.53. The number of carbonyl (C=O) groups excluding carboxylic acids is 2. The van der Waals surface area contributed by atoms with E-state index in [0.29, 0.717) is 32.8 Å². The monoisotopic (exact) mass is 522 g/mol. The highest BCUT2D eigenvalue weighted by molar-refractivity contribution is 5.87. The van der Waals surface area contributed by atoms with E-state index in [2.05, 4.69) is 42.7 Å². The SMILES string of the molecule is COCCNC(=O)O[C@@H](C)/C=C\C(=O)N[C@H]1CO[C@@H](C/C=C(C)/C=C/[C@@H]2C[C@]3(CO3)CC(C)(C)O2)OC1. The van der Waals surface area contributed by atoms with Crippen LogP contribution in [0.15, 0.2) is 36.0 Å². The van der Waals surface area contributed by atoms with E-state index in [-0.39, 0.29) is 35.5 Å². The Hall–Kier alpha value is -2.24. The van der Waals surface area contributed by atoms with Crippen LogP contribution in [0.3, 0.4) is 0 Å². The van der Waals surface area contributed by atoms with Gasteiger partial charge in [-0.1, -0.05) is 23.8 Å². The highest BCUT2D eigenvalue weighted by Crippen LogP contribution is 2.46. The maximum Gasteiger partial charge on any atom is 0.407 e. The van der Waals surface area contributed by atoms with Gasteiger partial charge < -0.3 is 39.1 Å². The summed E-state index contributed by atoms with van der Waals surface area (Å²) in [6.45, 7) is 10.2. The number of epoxide rings is 1. The van der Waals surface area contributed by atoms with Crippen LogP contribution in [0.4, 0.5) is 4.79 Å². The Morgan fingerprint density at radius 1 is 1.19 bits per heavy atom. The lowest BCUT2D eigenvalue weighted by Gasteiger charge is -2.38. The summed E-state index contributed by atoms with van der Waals surface area (Å²) in [6.07, 6.45) is 10.1. The second-order valence-electron chi connectivity index (χ2n) is 10.5. The summed E-state index contributed by atoms with van der Waals surface area (Å²) in [5, 5.41) is 5.38. The molecule has 0 aromatic heterocycles. The third-order valence-electron chi connectivity index (χ3n) is 6.25. The van der Waals surface area contributed by atoms with Gasteiger partial charge in [-0.15, -0.1) is 0 Å². The Bertz CT molecular complexity index is 850. The molecule has 0 radical (unpaired) electrons. The molecular formula is C27H42N2O8. The van der Waals surface area contributed by atoms with Crippen LogP contribution in [0.2, 0.25) is 0 Å². The minimum atomic E-state index is -0.568. The number of hydrogen-bond acceptors (Lipinski definition) is 8. The van der Waals surface area contributed by atoms with Crippen LogP contribution in [0.1, 0.15) is 47.0 Å². The second-order valence-corrected chi connectivity index (χ2v) is 10.5. The molecule has 3 saturated heterocycles. The van der Waals surface area contributed by atoms with Gasteiger partial charge in [-0.3, -0.25) is 4.79 Å². The molecule has 1 spiro atoms. The molecule has 3 heterocycles. The van der Waals surface area contributed by atoms with Crippen molar-refractivity contribution in [3.63, 3.8) is 0 Å². The van der Waals surface area contributed by atoms with E-state index in [1.165, 1.54) is 12.2 Å². The van der Waals surface area contributed by atoms with Gasteiger partial charge in [-0.05, 0) is 33.8 Å². The smallest absolute Gasteiger partial charge is 0.407 e. The van der Waals surface area contributed by atoms with Gasteiger partial charge in [0.15, 0.2) is 6.29 Å². The van der Waals surface area contributed by atoms with Crippen LogP contribution >= 0.6 is 0 Å². The van der Waals surface area contributed by atoms with Crippen LogP contribution < -0.4 is 10.6 Å². The first-order valence-electron chi connectivity index (χ1n) is 12.9. The summed E-state index contributed by atoms with van der Waals surface area (Å²) in [5.74, 6) is -0.307. The van der Waals surface area contributed by atoms with Gasteiger partial charge in [-0.25, -0.2) is 4.79 Å². The number of alkyl carbamates (subject to hydrolysis) is 1. The van der Waals surface area contributed by atoms with Crippen molar-refractivity contribution in [2.24, 2.45) is 0 Å². The highest BCUT2D eigenvalue weighted by atomic mass is 16.7. The first-order chi connectivity index (χ1) is 17.6. The zero-order valence-electron chi connectivity index (χ0n) is 22.6. The molecule has 0 saturated carbocycles. The number of ether oxygens (including phenoxy) is 6. The average Bonchev–Trinajstić information content (AvgIpc) is 3.57. The summed E-state index contributed by atoms with van der Waals surface area (Å²) in [6, 6.07) is -0.254. The molecule has 0 aromatic carbocycles. The van der Waals surface area contributed by atoms with Gasteiger partial charge in [0.05, 0.1) is 49.8 Å². The summed E-state index contributed by atoms with van der Waals surface area (Å²) in [5.41, 5.74) is 0.931. The molecule has 3 aliphatic heterocycles. The molecule has 10 nitrogen and oxygen atoms in total. The molecule has 3 rings (SSSR count). The summed E-state index contributed by atoms with van der Waals surface area (Å²) in [7, 11) is 1.55. The predicted molar refractivity (Wildman–Crippen MR) is 137 cm³/mol. The minimum Gasteiger partial charge on any atom is -0.442 e. The third-order valence-corrected chi connectivity index (χ3v) is 6.25. The molecular weight excluding hydrogens is 480 g/mol. The van der Waals surface area contributed by atoms with Gasteiger partial charge in [0.25, 0.3) is 0 Å². The molecule has 0 aliphatic carbocycles. The maximum absolute atomic E-state index is 12.2. The van der Waals surface area contributed by atoms with Crippen molar-refractivity contribution in [2.75, 3.05) is 40.1 Å². The number of hydrogen-bond donors (Lipinski definition) is 2. The van der Waals surface area contributed by atoms with Crippen molar-refractivity contribution in [2.45, 2.75) is 82.7 Å². The summed E-state index contributed by atoms with van der Waals surface area (Å²) >= 11 is 0. The molecule has 37 heavy (non-hydrogen) atoms. The fraction of sp³-hybridized carbons (Fsp3) is 0.704. The largest absolute Gasteiger partial charge is 0.442 e. The van der Waals surface area contributed by atoms with Crippen LogP contribution in [0.25, 0.3) is 0 Å². The van der Waals surface area contributed by atoms with Gasteiger partial charge in [0.1, 0.15) is 6.10 Å². The lowest BCUT2D eigenvalue weighted by molar-refractivity contribution is -0.187. The van der Waals surface area contributed by atoms with Crippen LogP contribution in [0, 0.1) is 0 Å².